The van der Waals surface area contributed by atoms with E-state index in [0.29, 0.717) is 11.1 Å². The van der Waals surface area contributed by atoms with E-state index in [2.05, 4.69) is 20.5 Å². The first-order chi connectivity index (χ1) is 15.5. The Labute approximate surface area is 185 Å². The number of hydrogen-bond donors (Lipinski definition) is 1. The standard InChI is InChI=1S/C25H21N5O2/c1-17-13-15-19(16-14-17)18(2)28-29-25-26-22(20-9-5-3-6-10-20)24(30(31)32)23(27-25)21-11-7-4-8-12-21/h3-16H,1-2H3,(H,26,27,29). The fraction of sp³-hybridized carbons (Fsp3) is 0.0800. The van der Waals surface area contributed by atoms with Gasteiger partial charge in [-0.25, -0.2) is 15.4 Å². The molecular weight excluding hydrogens is 402 g/mol. The number of aryl methyl sites for hydroxylation is 1. The summed E-state index contributed by atoms with van der Waals surface area (Å²) in [6.07, 6.45) is 0. The molecule has 0 bridgehead atoms. The Morgan fingerprint density at radius 2 is 1.34 bits per heavy atom. The summed E-state index contributed by atoms with van der Waals surface area (Å²) >= 11 is 0. The van der Waals surface area contributed by atoms with Crippen molar-refractivity contribution in [1.82, 2.24) is 9.97 Å². The Kier molecular flexibility index (Phi) is 5.98. The monoisotopic (exact) mass is 423 g/mol. The lowest BCUT2D eigenvalue weighted by molar-refractivity contribution is -0.383. The average molecular weight is 423 g/mol. The van der Waals surface area contributed by atoms with Gasteiger partial charge in [0, 0.05) is 11.1 Å². The van der Waals surface area contributed by atoms with Crippen LogP contribution in [0.1, 0.15) is 18.1 Å². The lowest BCUT2D eigenvalue weighted by atomic mass is 10.1. The minimum atomic E-state index is -0.435. The van der Waals surface area contributed by atoms with Crippen LogP contribution in [-0.4, -0.2) is 20.6 Å². The third-order valence-corrected chi connectivity index (χ3v) is 4.95. The van der Waals surface area contributed by atoms with Gasteiger partial charge in [0.05, 0.1) is 10.6 Å². The molecule has 1 N–H and O–H groups in total. The van der Waals surface area contributed by atoms with Gasteiger partial charge >= 0.3 is 5.69 Å². The molecule has 4 aromatic rings. The predicted molar refractivity (Wildman–Crippen MR) is 127 cm³/mol. The van der Waals surface area contributed by atoms with Crippen LogP contribution in [0.25, 0.3) is 22.5 Å². The molecule has 0 aliphatic heterocycles. The largest absolute Gasteiger partial charge is 0.321 e. The van der Waals surface area contributed by atoms with Crippen LogP contribution in [0.2, 0.25) is 0 Å². The van der Waals surface area contributed by atoms with Crippen molar-refractivity contribution in [3.63, 3.8) is 0 Å². The normalized spacial score (nSPS) is 11.2. The number of anilines is 1. The van der Waals surface area contributed by atoms with Crippen molar-refractivity contribution in [3.05, 3.63) is 106 Å². The first-order valence-electron chi connectivity index (χ1n) is 10.1. The van der Waals surface area contributed by atoms with Crippen molar-refractivity contribution >= 4 is 17.3 Å². The molecule has 0 unspecified atom stereocenters. The number of nitro groups is 1. The van der Waals surface area contributed by atoms with Crippen LogP contribution in [0.15, 0.2) is 90.0 Å². The molecule has 1 heterocycles. The van der Waals surface area contributed by atoms with E-state index < -0.39 is 4.92 Å². The van der Waals surface area contributed by atoms with Gasteiger partial charge in [-0.05, 0) is 19.4 Å². The summed E-state index contributed by atoms with van der Waals surface area (Å²) in [6.45, 7) is 3.90. The lowest BCUT2D eigenvalue weighted by Crippen LogP contribution is -2.07. The molecule has 0 atom stereocenters. The Hall–Kier alpha value is -4.39. The highest BCUT2D eigenvalue weighted by molar-refractivity contribution is 5.99. The number of aromatic nitrogens is 2. The Morgan fingerprint density at radius 3 is 1.81 bits per heavy atom. The quantitative estimate of drug-likeness (QED) is 0.238. The van der Waals surface area contributed by atoms with Gasteiger partial charge in [0.2, 0.25) is 5.95 Å². The van der Waals surface area contributed by atoms with Gasteiger partial charge in [0.1, 0.15) is 0 Å². The first kappa shape index (κ1) is 20.9. The van der Waals surface area contributed by atoms with E-state index in [9.17, 15) is 10.1 Å². The molecule has 0 spiro atoms. The van der Waals surface area contributed by atoms with Crippen molar-refractivity contribution in [2.24, 2.45) is 5.10 Å². The van der Waals surface area contributed by atoms with E-state index in [-0.39, 0.29) is 23.0 Å². The van der Waals surface area contributed by atoms with Crippen molar-refractivity contribution in [3.8, 4) is 22.5 Å². The van der Waals surface area contributed by atoms with Gasteiger partial charge in [0.25, 0.3) is 0 Å². The Bertz CT molecular complexity index is 1210. The summed E-state index contributed by atoms with van der Waals surface area (Å²) in [5, 5.41) is 16.5. The zero-order chi connectivity index (χ0) is 22.5. The molecule has 158 valence electrons. The molecule has 0 saturated heterocycles. The van der Waals surface area contributed by atoms with Gasteiger partial charge in [-0.2, -0.15) is 5.10 Å². The lowest BCUT2D eigenvalue weighted by Gasteiger charge is -2.10. The van der Waals surface area contributed by atoms with Gasteiger partial charge in [-0.15, -0.1) is 0 Å². The van der Waals surface area contributed by atoms with Crippen LogP contribution in [0.3, 0.4) is 0 Å². The summed E-state index contributed by atoms with van der Waals surface area (Å²) in [5.74, 6) is 0.180. The summed E-state index contributed by atoms with van der Waals surface area (Å²) in [5.41, 5.74) is 7.32. The summed E-state index contributed by atoms with van der Waals surface area (Å²) in [4.78, 5) is 20.5. The van der Waals surface area contributed by atoms with Crippen LogP contribution in [-0.2, 0) is 0 Å². The molecule has 0 aliphatic carbocycles. The number of nitrogens with one attached hydrogen (secondary N) is 1. The molecule has 0 radical (unpaired) electrons. The number of nitrogens with zero attached hydrogens (tertiary/aromatic N) is 4. The molecule has 7 nitrogen and oxygen atoms in total. The number of rotatable bonds is 6. The topological polar surface area (TPSA) is 93.3 Å². The Balaban J connectivity index is 1.83. The Morgan fingerprint density at radius 1 is 0.844 bits per heavy atom. The molecule has 0 aliphatic rings. The summed E-state index contributed by atoms with van der Waals surface area (Å²) < 4.78 is 0. The number of benzene rings is 3. The third kappa shape index (κ3) is 4.52. The minimum absolute atomic E-state index is 0.146. The highest BCUT2D eigenvalue weighted by Gasteiger charge is 2.26. The van der Waals surface area contributed by atoms with Crippen molar-refractivity contribution in [2.75, 3.05) is 5.43 Å². The molecule has 4 rings (SSSR count). The van der Waals surface area contributed by atoms with Gasteiger partial charge in [-0.1, -0.05) is 90.5 Å². The summed E-state index contributed by atoms with van der Waals surface area (Å²) in [6, 6.07) is 26.1. The highest BCUT2D eigenvalue weighted by atomic mass is 16.6. The molecule has 0 fully saturated rings. The van der Waals surface area contributed by atoms with Crippen LogP contribution in [0.5, 0.6) is 0 Å². The van der Waals surface area contributed by atoms with E-state index >= 15 is 0 Å². The van der Waals surface area contributed by atoms with E-state index in [0.717, 1.165) is 16.8 Å². The second-order valence-electron chi connectivity index (χ2n) is 7.26. The van der Waals surface area contributed by atoms with Gasteiger partial charge in [0.15, 0.2) is 11.4 Å². The van der Waals surface area contributed by atoms with Crippen LogP contribution >= 0.6 is 0 Å². The molecule has 0 saturated carbocycles. The average Bonchev–Trinajstić information content (AvgIpc) is 2.83. The van der Waals surface area contributed by atoms with Gasteiger partial charge in [-0.3, -0.25) is 10.1 Å². The maximum atomic E-state index is 12.1. The first-order valence-corrected chi connectivity index (χ1v) is 10.1. The van der Waals surface area contributed by atoms with Crippen molar-refractivity contribution in [2.45, 2.75) is 13.8 Å². The fourth-order valence-corrected chi connectivity index (χ4v) is 3.27. The smallest absolute Gasteiger partial charge is 0.258 e. The maximum absolute atomic E-state index is 12.1. The van der Waals surface area contributed by atoms with E-state index in [1.807, 2.05) is 74.5 Å². The molecule has 32 heavy (non-hydrogen) atoms. The number of hydrazone groups is 1. The van der Waals surface area contributed by atoms with E-state index in [1.54, 1.807) is 24.3 Å². The van der Waals surface area contributed by atoms with E-state index in [1.165, 1.54) is 0 Å². The molecule has 0 amide bonds. The maximum Gasteiger partial charge on any atom is 0.321 e. The summed E-state index contributed by atoms with van der Waals surface area (Å²) in [7, 11) is 0. The van der Waals surface area contributed by atoms with Crippen LogP contribution in [0, 0.1) is 17.0 Å². The second kappa shape index (κ2) is 9.18. The zero-order valence-electron chi connectivity index (χ0n) is 17.7. The van der Waals surface area contributed by atoms with Crippen LogP contribution < -0.4 is 5.43 Å². The molecular formula is C25H21N5O2. The van der Waals surface area contributed by atoms with Crippen molar-refractivity contribution in [1.29, 1.82) is 0 Å². The SMILES string of the molecule is CC(=NNc1nc(-c2ccccc2)c([N+](=O)[O-])c(-c2ccccc2)n1)c1ccc(C)cc1. The zero-order valence-corrected chi connectivity index (χ0v) is 17.7. The second-order valence-corrected chi connectivity index (χ2v) is 7.26. The van der Waals surface area contributed by atoms with Crippen LogP contribution in [0.4, 0.5) is 11.6 Å². The minimum Gasteiger partial charge on any atom is -0.258 e. The van der Waals surface area contributed by atoms with Gasteiger partial charge < -0.3 is 0 Å². The molecule has 1 aromatic heterocycles. The van der Waals surface area contributed by atoms with Crippen molar-refractivity contribution < 1.29 is 4.92 Å². The van der Waals surface area contributed by atoms with E-state index in [4.69, 9.17) is 0 Å². The highest BCUT2D eigenvalue weighted by Crippen LogP contribution is 2.37. The third-order valence-electron chi connectivity index (χ3n) is 4.95. The fourth-order valence-electron chi connectivity index (χ4n) is 3.27. The molecule has 7 heteroatoms. The number of hydrogen-bond acceptors (Lipinski definition) is 6. The predicted octanol–water partition coefficient (Wildman–Crippen LogP) is 5.86. The molecule has 3 aromatic carbocycles.